The molecule has 8 nitrogen and oxygen atoms in total. The van der Waals surface area contributed by atoms with Crippen LogP contribution in [-0.4, -0.2) is 61.6 Å². The Morgan fingerprint density at radius 3 is 1.65 bits per heavy atom. The van der Waals surface area contributed by atoms with E-state index in [-0.39, 0.29) is 47.3 Å². The molecule has 7 rings (SSSR count). The molecule has 1 fully saturated rings. The molecule has 0 saturated carbocycles. The van der Waals surface area contributed by atoms with E-state index in [1.807, 2.05) is 24.3 Å². The van der Waals surface area contributed by atoms with Crippen molar-refractivity contribution in [2.75, 3.05) is 26.2 Å². The van der Waals surface area contributed by atoms with Gasteiger partial charge in [-0.3, -0.25) is 14.5 Å². The van der Waals surface area contributed by atoms with Crippen LogP contribution in [0.15, 0.2) is 77.7 Å². The number of hydrogen-bond donors (Lipinski definition) is 0. The van der Waals surface area contributed by atoms with Crippen LogP contribution in [0.25, 0.3) is 0 Å². The Kier molecular flexibility index (Phi) is 6.59. The van der Waals surface area contributed by atoms with Gasteiger partial charge in [-0.2, -0.15) is 4.31 Å². The molecule has 2 unspecified atom stereocenters. The van der Waals surface area contributed by atoms with Gasteiger partial charge in [-0.15, -0.1) is 0 Å². The molecular formula is C31H30N2O6S. The minimum absolute atomic E-state index is 0.0308. The maximum Gasteiger partial charge on any atom is 0.338 e. The first-order valence-corrected chi connectivity index (χ1v) is 15.0. The Morgan fingerprint density at radius 1 is 0.775 bits per heavy atom. The lowest BCUT2D eigenvalue weighted by Crippen LogP contribution is -2.41. The van der Waals surface area contributed by atoms with Crippen LogP contribution < -0.4 is 0 Å². The predicted octanol–water partition coefficient (Wildman–Crippen LogP) is 3.77. The van der Waals surface area contributed by atoms with E-state index < -0.39 is 27.8 Å². The zero-order valence-electron chi connectivity index (χ0n) is 22.3. The van der Waals surface area contributed by atoms with Gasteiger partial charge in [-0.1, -0.05) is 62.4 Å². The summed E-state index contributed by atoms with van der Waals surface area (Å²) >= 11 is 0. The molecule has 3 aromatic carbocycles. The van der Waals surface area contributed by atoms with E-state index in [1.54, 1.807) is 13.8 Å². The van der Waals surface area contributed by atoms with E-state index in [4.69, 9.17) is 4.74 Å². The van der Waals surface area contributed by atoms with Gasteiger partial charge in [-0.25, -0.2) is 13.2 Å². The van der Waals surface area contributed by atoms with Crippen LogP contribution in [0.2, 0.25) is 0 Å². The largest absolute Gasteiger partial charge is 0.460 e. The highest BCUT2D eigenvalue weighted by Crippen LogP contribution is 2.60. The normalized spacial score (nSPS) is 22.7. The first kappa shape index (κ1) is 26.4. The monoisotopic (exact) mass is 558 g/mol. The molecule has 9 heteroatoms. The topological polar surface area (TPSA) is 101 Å². The third-order valence-corrected chi connectivity index (χ3v) is 10.6. The molecule has 2 bridgehead atoms. The predicted molar refractivity (Wildman–Crippen MR) is 147 cm³/mol. The van der Waals surface area contributed by atoms with Crippen molar-refractivity contribution in [3.63, 3.8) is 0 Å². The maximum atomic E-state index is 13.6. The van der Waals surface area contributed by atoms with E-state index in [0.717, 1.165) is 22.3 Å². The molecule has 0 N–H and O–H groups in total. The number of carbonyl (C=O) groups is 3. The smallest absolute Gasteiger partial charge is 0.338 e. The van der Waals surface area contributed by atoms with Crippen molar-refractivity contribution >= 4 is 27.8 Å². The molecule has 1 aliphatic heterocycles. The van der Waals surface area contributed by atoms with Crippen molar-refractivity contribution in [2.45, 2.75) is 30.6 Å². The summed E-state index contributed by atoms with van der Waals surface area (Å²) in [5, 5.41) is 0. The average Bonchev–Trinajstić information content (AvgIpc) is 3.23. The second-order valence-electron chi connectivity index (χ2n) is 10.3. The Morgan fingerprint density at radius 2 is 1.23 bits per heavy atom. The van der Waals surface area contributed by atoms with Gasteiger partial charge in [0.25, 0.3) is 0 Å². The second kappa shape index (κ2) is 9.98. The lowest BCUT2D eigenvalue weighted by atomic mass is 9.55. The quantitative estimate of drug-likeness (QED) is 0.308. The number of nitrogens with zero attached hydrogens (tertiary/aromatic N) is 2. The Hall–Kier alpha value is -3.82. The molecule has 0 spiro atoms. The van der Waals surface area contributed by atoms with Crippen LogP contribution in [0.3, 0.4) is 0 Å². The van der Waals surface area contributed by atoms with Crippen molar-refractivity contribution < 1.29 is 27.5 Å². The molecule has 2 atom stereocenters. The number of rotatable bonds is 8. The first-order chi connectivity index (χ1) is 19.3. The second-order valence-corrected chi connectivity index (χ2v) is 12.3. The number of carbonyl (C=O) groups excluding carboxylic acids is 3. The molecule has 206 valence electrons. The van der Waals surface area contributed by atoms with Crippen LogP contribution in [0.1, 0.15) is 58.3 Å². The van der Waals surface area contributed by atoms with Gasteiger partial charge in [0, 0.05) is 24.9 Å². The van der Waals surface area contributed by atoms with Crippen LogP contribution in [-0.2, 0) is 24.3 Å². The number of benzene rings is 3. The molecule has 3 aliphatic carbocycles. The number of imide groups is 1. The van der Waals surface area contributed by atoms with Gasteiger partial charge < -0.3 is 4.74 Å². The fourth-order valence-electron chi connectivity index (χ4n) is 6.75. The first-order valence-electron chi connectivity index (χ1n) is 13.6. The van der Waals surface area contributed by atoms with Gasteiger partial charge in [0.2, 0.25) is 21.8 Å². The van der Waals surface area contributed by atoms with Gasteiger partial charge >= 0.3 is 5.97 Å². The number of hydrogen-bond acceptors (Lipinski definition) is 6. The fourth-order valence-corrected chi connectivity index (χ4v) is 8.21. The summed E-state index contributed by atoms with van der Waals surface area (Å²) in [6.45, 7) is 4.04. The van der Waals surface area contributed by atoms with E-state index in [0.29, 0.717) is 13.1 Å². The van der Waals surface area contributed by atoms with Gasteiger partial charge in [-0.05, 0) is 46.5 Å². The minimum atomic E-state index is -3.64. The van der Waals surface area contributed by atoms with Crippen molar-refractivity contribution in [2.24, 2.45) is 11.8 Å². The van der Waals surface area contributed by atoms with E-state index in [2.05, 4.69) is 24.3 Å². The summed E-state index contributed by atoms with van der Waals surface area (Å²) in [6, 6.07) is 21.7. The van der Waals surface area contributed by atoms with Crippen LogP contribution in [0, 0.1) is 11.8 Å². The zero-order valence-corrected chi connectivity index (χ0v) is 23.1. The number of amides is 2. The SMILES string of the molecule is CCN(CC)S(=O)(=O)c1ccc(C(=O)OCCN2C(=O)C3C4c5ccccc5C(c5ccccc54)C3C2=O)cc1. The maximum absolute atomic E-state index is 13.6. The lowest BCUT2D eigenvalue weighted by molar-refractivity contribution is -0.140. The minimum Gasteiger partial charge on any atom is -0.460 e. The van der Waals surface area contributed by atoms with E-state index in [1.165, 1.54) is 33.5 Å². The molecule has 0 radical (unpaired) electrons. The highest BCUT2D eigenvalue weighted by atomic mass is 32.2. The number of ether oxygens (including phenoxy) is 1. The standard InChI is InChI=1S/C31H30N2O6S/c1-3-32(4-2)40(37,38)20-15-13-19(14-16-20)31(36)39-18-17-33-29(34)27-25-21-9-5-6-10-22(21)26(28(27)30(33)35)24-12-8-7-11-23(24)25/h5-16,25-28H,3-4,17-18H2,1-2H3. The van der Waals surface area contributed by atoms with Gasteiger partial charge in [0.15, 0.2) is 0 Å². The highest BCUT2D eigenvalue weighted by molar-refractivity contribution is 7.89. The molecule has 40 heavy (non-hydrogen) atoms. The van der Waals surface area contributed by atoms with Crippen LogP contribution in [0.4, 0.5) is 0 Å². The van der Waals surface area contributed by atoms with Gasteiger partial charge in [0.05, 0.1) is 28.8 Å². The zero-order chi connectivity index (χ0) is 28.2. The Bertz CT molecular complexity index is 1500. The summed E-state index contributed by atoms with van der Waals surface area (Å²) in [6.07, 6.45) is 0. The summed E-state index contributed by atoms with van der Waals surface area (Å²) in [4.78, 5) is 41.3. The third-order valence-electron chi connectivity index (χ3n) is 8.52. The van der Waals surface area contributed by atoms with Crippen molar-refractivity contribution in [3.8, 4) is 0 Å². The summed E-state index contributed by atoms with van der Waals surface area (Å²) < 4.78 is 32.1. The molecule has 0 aromatic heterocycles. The van der Waals surface area contributed by atoms with E-state index >= 15 is 0 Å². The van der Waals surface area contributed by atoms with Crippen LogP contribution in [0.5, 0.6) is 0 Å². The summed E-state index contributed by atoms with van der Waals surface area (Å²) in [7, 11) is -3.64. The molecular weight excluding hydrogens is 528 g/mol. The molecule has 1 heterocycles. The van der Waals surface area contributed by atoms with Crippen molar-refractivity contribution in [3.05, 3.63) is 101 Å². The summed E-state index contributed by atoms with van der Waals surface area (Å²) in [5.41, 5.74) is 4.61. The summed E-state index contributed by atoms with van der Waals surface area (Å²) in [5.74, 6) is -2.41. The lowest BCUT2D eigenvalue weighted by Gasteiger charge is -2.45. The third kappa shape index (κ3) is 3.90. The molecule has 4 aliphatic rings. The molecule has 3 aromatic rings. The number of likely N-dealkylation sites (tertiary alicyclic amines) is 1. The highest BCUT2D eigenvalue weighted by Gasteiger charge is 2.61. The van der Waals surface area contributed by atoms with Crippen molar-refractivity contribution in [1.82, 2.24) is 9.21 Å². The van der Waals surface area contributed by atoms with Crippen molar-refractivity contribution in [1.29, 1.82) is 0 Å². The molecule has 2 amide bonds. The Labute approximate surface area is 233 Å². The average molecular weight is 559 g/mol. The number of sulfonamides is 1. The molecule has 1 saturated heterocycles. The Balaban J connectivity index is 1.16. The fraction of sp³-hybridized carbons (Fsp3) is 0.323. The van der Waals surface area contributed by atoms with E-state index in [9.17, 15) is 22.8 Å². The van der Waals surface area contributed by atoms with Crippen LogP contribution >= 0.6 is 0 Å². The number of esters is 1. The van der Waals surface area contributed by atoms with Gasteiger partial charge in [0.1, 0.15) is 6.61 Å².